The molecular formula is C16H27IN4O3S. The van der Waals surface area contributed by atoms with Gasteiger partial charge in [-0.05, 0) is 31.0 Å². The average molecular weight is 482 g/mol. The second-order valence-electron chi connectivity index (χ2n) is 5.34. The number of aliphatic imine (C=N–C) groups is 1. The standard InChI is InChI=1S/C16H26N4O3S.HI/c1-4-17-16(20-12-11-18-13(2)21)19-10-9-14-5-7-15(8-6-14)24(3,22)23;/h5-8H,4,9-12H2,1-3H3,(H,18,21)(H2,17,19,20);1H. The van der Waals surface area contributed by atoms with Crippen molar-refractivity contribution in [2.24, 2.45) is 4.99 Å². The van der Waals surface area contributed by atoms with Crippen molar-refractivity contribution in [3.05, 3.63) is 29.8 Å². The molecule has 0 aliphatic carbocycles. The first kappa shape index (κ1) is 23.6. The minimum Gasteiger partial charge on any atom is -0.357 e. The van der Waals surface area contributed by atoms with Crippen LogP contribution in [0.4, 0.5) is 0 Å². The van der Waals surface area contributed by atoms with Crippen LogP contribution in [0.15, 0.2) is 34.2 Å². The summed E-state index contributed by atoms with van der Waals surface area (Å²) >= 11 is 0. The Morgan fingerprint density at radius 3 is 2.20 bits per heavy atom. The maximum atomic E-state index is 11.4. The van der Waals surface area contributed by atoms with E-state index in [1.165, 1.54) is 13.2 Å². The number of nitrogens with zero attached hydrogens (tertiary/aromatic N) is 1. The Morgan fingerprint density at radius 2 is 1.68 bits per heavy atom. The summed E-state index contributed by atoms with van der Waals surface area (Å²) in [6, 6.07) is 6.85. The first-order valence-electron chi connectivity index (χ1n) is 7.88. The molecule has 0 aliphatic heterocycles. The number of halogens is 1. The van der Waals surface area contributed by atoms with Gasteiger partial charge in [0.2, 0.25) is 5.91 Å². The van der Waals surface area contributed by atoms with Crippen LogP contribution < -0.4 is 16.0 Å². The predicted molar refractivity (Wildman–Crippen MR) is 111 cm³/mol. The SMILES string of the molecule is CCNC(=NCCc1ccc(S(C)(=O)=O)cc1)NCCNC(C)=O.I. The number of sulfone groups is 1. The average Bonchev–Trinajstić information content (AvgIpc) is 2.51. The maximum Gasteiger partial charge on any atom is 0.216 e. The highest BCUT2D eigenvalue weighted by Crippen LogP contribution is 2.10. The number of hydrogen-bond acceptors (Lipinski definition) is 4. The summed E-state index contributed by atoms with van der Waals surface area (Å²) in [6.07, 6.45) is 1.91. The van der Waals surface area contributed by atoms with Gasteiger partial charge >= 0.3 is 0 Å². The van der Waals surface area contributed by atoms with Crippen molar-refractivity contribution in [1.82, 2.24) is 16.0 Å². The van der Waals surface area contributed by atoms with Gasteiger partial charge in [0.1, 0.15) is 0 Å². The van der Waals surface area contributed by atoms with Crippen molar-refractivity contribution < 1.29 is 13.2 Å². The number of carbonyl (C=O) groups excluding carboxylic acids is 1. The molecule has 142 valence electrons. The molecule has 0 bridgehead atoms. The van der Waals surface area contributed by atoms with Crippen LogP contribution in [0.5, 0.6) is 0 Å². The van der Waals surface area contributed by atoms with Crippen LogP contribution in [0.3, 0.4) is 0 Å². The summed E-state index contributed by atoms with van der Waals surface area (Å²) in [7, 11) is -3.16. The minimum absolute atomic E-state index is 0. The summed E-state index contributed by atoms with van der Waals surface area (Å²) in [5.74, 6) is 0.631. The van der Waals surface area contributed by atoms with Crippen molar-refractivity contribution in [3.8, 4) is 0 Å². The minimum atomic E-state index is -3.16. The van der Waals surface area contributed by atoms with E-state index in [0.717, 1.165) is 12.1 Å². The topological polar surface area (TPSA) is 99.7 Å². The van der Waals surface area contributed by atoms with E-state index in [-0.39, 0.29) is 29.9 Å². The number of nitrogens with one attached hydrogen (secondary N) is 3. The number of hydrogen-bond donors (Lipinski definition) is 3. The summed E-state index contributed by atoms with van der Waals surface area (Å²) in [4.78, 5) is 15.6. The van der Waals surface area contributed by atoms with Crippen LogP contribution >= 0.6 is 24.0 Å². The fourth-order valence-electron chi connectivity index (χ4n) is 1.96. The van der Waals surface area contributed by atoms with E-state index in [1.807, 2.05) is 19.1 Å². The zero-order valence-corrected chi connectivity index (χ0v) is 18.0. The van der Waals surface area contributed by atoms with E-state index in [4.69, 9.17) is 0 Å². The van der Waals surface area contributed by atoms with E-state index in [2.05, 4.69) is 20.9 Å². The molecule has 0 radical (unpaired) electrons. The molecule has 0 atom stereocenters. The molecule has 3 N–H and O–H groups in total. The second-order valence-corrected chi connectivity index (χ2v) is 7.35. The molecule has 9 heteroatoms. The van der Waals surface area contributed by atoms with E-state index >= 15 is 0 Å². The molecule has 0 heterocycles. The molecule has 0 saturated heterocycles. The monoisotopic (exact) mass is 482 g/mol. The molecule has 0 spiro atoms. The van der Waals surface area contributed by atoms with Gasteiger partial charge < -0.3 is 16.0 Å². The van der Waals surface area contributed by atoms with E-state index in [1.54, 1.807) is 12.1 Å². The zero-order chi connectivity index (χ0) is 18.0. The van der Waals surface area contributed by atoms with Crippen molar-refractivity contribution in [2.75, 3.05) is 32.4 Å². The lowest BCUT2D eigenvalue weighted by Crippen LogP contribution is -2.41. The highest BCUT2D eigenvalue weighted by Gasteiger charge is 2.05. The lowest BCUT2D eigenvalue weighted by Gasteiger charge is -2.11. The molecule has 0 aromatic heterocycles. The van der Waals surface area contributed by atoms with Gasteiger partial charge in [-0.1, -0.05) is 12.1 Å². The molecule has 1 aromatic rings. The Balaban J connectivity index is 0.00000576. The normalized spacial score (nSPS) is 11.4. The largest absolute Gasteiger partial charge is 0.357 e. The molecule has 1 aromatic carbocycles. The molecular weight excluding hydrogens is 455 g/mol. The molecule has 1 rings (SSSR count). The Bertz CT molecular complexity index is 660. The third kappa shape index (κ3) is 10.3. The van der Waals surface area contributed by atoms with Crippen molar-refractivity contribution in [3.63, 3.8) is 0 Å². The highest BCUT2D eigenvalue weighted by molar-refractivity contribution is 14.0. The van der Waals surface area contributed by atoms with Crippen LogP contribution in [-0.4, -0.2) is 52.7 Å². The van der Waals surface area contributed by atoms with E-state index in [9.17, 15) is 13.2 Å². The third-order valence-corrected chi connectivity index (χ3v) is 4.29. The van der Waals surface area contributed by atoms with E-state index in [0.29, 0.717) is 36.9 Å². The first-order valence-corrected chi connectivity index (χ1v) is 9.77. The Labute approximate surface area is 167 Å². The number of rotatable bonds is 8. The number of guanidine groups is 1. The fourth-order valence-corrected chi connectivity index (χ4v) is 2.59. The van der Waals surface area contributed by atoms with Gasteiger partial charge in [0.15, 0.2) is 15.8 Å². The predicted octanol–water partition coefficient (Wildman–Crippen LogP) is 0.942. The molecule has 0 aliphatic rings. The van der Waals surface area contributed by atoms with Crippen molar-refractivity contribution in [2.45, 2.75) is 25.2 Å². The van der Waals surface area contributed by atoms with Crippen LogP contribution in [0.1, 0.15) is 19.4 Å². The number of benzene rings is 1. The third-order valence-electron chi connectivity index (χ3n) is 3.16. The highest BCUT2D eigenvalue weighted by atomic mass is 127. The van der Waals surface area contributed by atoms with Gasteiger partial charge in [0, 0.05) is 39.4 Å². The van der Waals surface area contributed by atoms with Gasteiger partial charge in [0.25, 0.3) is 0 Å². The van der Waals surface area contributed by atoms with Crippen LogP contribution in [0.25, 0.3) is 0 Å². The Morgan fingerprint density at radius 1 is 1.08 bits per heavy atom. The van der Waals surface area contributed by atoms with Gasteiger partial charge in [-0.15, -0.1) is 24.0 Å². The zero-order valence-electron chi connectivity index (χ0n) is 14.8. The summed E-state index contributed by atoms with van der Waals surface area (Å²) < 4.78 is 22.8. The molecule has 0 saturated carbocycles. The van der Waals surface area contributed by atoms with Crippen molar-refractivity contribution >= 4 is 45.7 Å². The summed E-state index contributed by atoms with van der Waals surface area (Å²) in [6.45, 7) is 5.91. The number of amides is 1. The van der Waals surface area contributed by atoms with Gasteiger partial charge in [-0.3, -0.25) is 9.79 Å². The molecule has 0 fully saturated rings. The second kappa shape index (κ2) is 12.1. The lowest BCUT2D eigenvalue weighted by molar-refractivity contribution is -0.118. The summed E-state index contributed by atoms with van der Waals surface area (Å²) in [5, 5.41) is 8.98. The quantitative estimate of drug-likeness (QED) is 0.222. The van der Waals surface area contributed by atoms with Gasteiger partial charge in [-0.2, -0.15) is 0 Å². The maximum absolute atomic E-state index is 11.4. The number of carbonyl (C=O) groups is 1. The van der Waals surface area contributed by atoms with Crippen molar-refractivity contribution in [1.29, 1.82) is 0 Å². The van der Waals surface area contributed by atoms with Gasteiger partial charge in [0.05, 0.1) is 4.90 Å². The Hall–Kier alpha value is -1.36. The van der Waals surface area contributed by atoms with E-state index < -0.39 is 9.84 Å². The molecule has 7 nitrogen and oxygen atoms in total. The summed E-state index contributed by atoms with van der Waals surface area (Å²) in [5.41, 5.74) is 1.03. The smallest absolute Gasteiger partial charge is 0.216 e. The van der Waals surface area contributed by atoms with Crippen LogP contribution in [0.2, 0.25) is 0 Å². The fraction of sp³-hybridized carbons (Fsp3) is 0.500. The van der Waals surface area contributed by atoms with Crippen LogP contribution in [0, 0.1) is 0 Å². The first-order chi connectivity index (χ1) is 11.3. The molecule has 0 unspecified atom stereocenters. The molecule has 1 amide bonds. The van der Waals surface area contributed by atoms with Crippen LogP contribution in [-0.2, 0) is 21.1 Å². The molecule has 25 heavy (non-hydrogen) atoms. The Kier molecular flexibility index (Phi) is 11.4. The van der Waals surface area contributed by atoms with Gasteiger partial charge in [-0.25, -0.2) is 8.42 Å². The lowest BCUT2D eigenvalue weighted by atomic mass is 10.1.